The van der Waals surface area contributed by atoms with Gasteiger partial charge in [0.1, 0.15) is 0 Å². The number of nitrogens with zero attached hydrogens (tertiary/aromatic N) is 2. The van der Waals surface area contributed by atoms with Gasteiger partial charge in [-0.1, -0.05) is 24.3 Å². The molecule has 0 bridgehead atoms. The van der Waals surface area contributed by atoms with Crippen LogP contribution in [0.4, 0.5) is 5.69 Å². The first-order chi connectivity index (χ1) is 13.3. The number of aliphatic carboxylic acids is 1. The Morgan fingerprint density at radius 3 is 2.46 bits per heavy atom. The van der Waals surface area contributed by atoms with Crippen LogP contribution in [-0.2, 0) is 4.79 Å². The monoisotopic (exact) mass is 380 g/mol. The number of ketones is 1. The second-order valence-electron chi connectivity index (χ2n) is 6.24. The molecule has 3 aromatic rings. The minimum atomic E-state index is -1.08. The molecule has 28 heavy (non-hydrogen) atoms. The van der Waals surface area contributed by atoms with E-state index in [-0.39, 0.29) is 35.4 Å². The van der Waals surface area contributed by atoms with E-state index in [1.807, 2.05) is 0 Å². The molecule has 8 nitrogen and oxygen atoms in total. The zero-order chi connectivity index (χ0) is 20.4. The van der Waals surface area contributed by atoms with Gasteiger partial charge in [-0.15, -0.1) is 0 Å². The van der Waals surface area contributed by atoms with Crippen LogP contribution in [0.1, 0.15) is 39.3 Å². The first kappa shape index (κ1) is 19.0. The van der Waals surface area contributed by atoms with Gasteiger partial charge in [0, 0.05) is 40.8 Å². The molecule has 0 fully saturated rings. The molecule has 0 amide bonds. The van der Waals surface area contributed by atoms with Gasteiger partial charge in [-0.2, -0.15) is 0 Å². The first-order valence-corrected chi connectivity index (χ1v) is 8.45. The highest BCUT2D eigenvalue weighted by molar-refractivity contribution is 6.14. The molecule has 0 aliphatic rings. The van der Waals surface area contributed by atoms with Crippen molar-refractivity contribution in [2.75, 3.05) is 0 Å². The standard InChI is InChI=1S/C20H16N2O6/c1-12-19(17(23)9-10-18(24)25)15-7-2-3-8-16(15)21(12)20(26)13-5-4-6-14(11-13)22(27)28/h2-8,11H,9-10H2,1H3,(H,24,25). The van der Waals surface area contributed by atoms with Gasteiger partial charge in [-0.3, -0.25) is 29.1 Å². The Bertz CT molecular complexity index is 1130. The van der Waals surface area contributed by atoms with E-state index in [1.165, 1.54) is 28.8 Å². The summed E-state index contributed by atoms with van der Waals surface area (Å²) in [4.78, 5) is 46.9. The Hall–Kier alpha value is -3.81. The SMILES string of the molecule is Cc1c(C(=O)CCC(=O)O)c2ccccc2n1C(=O)c1cccc([N+](=O)[O-])c1. The van der Waals surface area contributed by atoms with Crippen LogP contribution in [-0.4, -0.2) is 32.3 Å². The average Bonchev–Trinajstić information content (AvgIpc) is 2.97. The molecule has 8 heteroatoms. The van der Waals surface area contributed by atoms with Crippen molar-refractivity contribution in [1.29, 1.82) is 0 Å². The lowest BCUT2D eigenvalue weighted by atomic mass is 10.0. The number of para-hydroxylation sites is 1. The predicted octanol–water partition coefficient (Wildman–Crippen LogP) is 3.59. The summed E-state index contributed by atoms with van der Waals surface area (Å²) >= 11 is 0. The molecule has 1 heterocycles. The zero-order valence-corrected chi connectivity index (χ0v) is 14.9. The number of carboxylic acid groups (broad SMARTS) is 1. The van der Waals surface area contributed by atoms with Crippen molar-refractivity contribution in [3.63, 3.8) is 0 Å². The van der Waals surface area contributed by atoms with E-state index in [0.29, 0.717) is 16.6 Å². The van der Waals surface area contributed by atoms with Crippen molar-refractivity contribution in [2.45, 2.75) is 19.8 Å². The number of hydrogen-bond acceptors (Lipinski definition) is 5. The van der Waals surface area contributed by atoms with E-state index >= 15 is 0 Å². The molecule has 0 unspecified atom stereocenters. The van der Waals surface area contributed by atoms with Crippen LogP contribution in [0.2, 0.25) is 0 Å². The third kappa shape index (κ3) is 3.39. The fourth-order valence-electron chi connectivity index (χ4n) is 3.21. The number of fused-ring (bicyclic) bond motifs is 1. The van der Waals surface area contributed by atoms with Crippen molar-refractivity contribution in [2.24, 2.45) is 0 Å². The fourth-order valence-corrected chi connectivity index (χ4v) is 3.21. The van der Waals surface area contributed by atoms with Crippen LogP contribution in [0, 0.1) is 17.0 Å². The van der Waals surface area contributed by atoms with Gasteiger partial charge in [-0.25, -0.2) is 0 Å². The number of hydrogen-bond donors (Lipinski definition) is 1. The number of carbonyl (C=O) groups is 3. The number of nitro groups is 1. The molecule has 1 aromatic heterocycles. The summed E-state index contributed by atoms with van der Waals surface area (Å²) < 4.78 is 1.34. The van der Waals surface area contributed by atoms with Gasteiger partial charge in [0.15, 0.2) is 5.78 Å². The summed E-state index contributed by atoms with van der Waals surface area (Å²) in [6, 6.07) is 12.2. The Kier molecular flexibility index (Phi) is 5.04. The highest BCUT2D eigenvalue weighted by atomic mass is 16.6. The minimum absolute atomic E-state index is 0.114. The van der Waals surface area contributed by atoms with Crippen LogP contribution < -0.4 is 0 Å². The Morgan fingerprint density at radius 2 is 1.79 bits per heavy atom. The molecule has 0 aliphatic carbocycles. The quantitative estimate of drug-likeness (QED) is 0.396. The maximum Gasteiger partial charge on any atom is 0.303 e. The second-order valence-corrected chi connectivity index (χ2v) is 6.24. The van der Waals surface area contributed by atoms with Crippen LogP contribution in [0.25, 0.3) is 10.9 Å². The number of aromatic nitrogens is 1. The molecular formula is C20H16N2O6. The van der Waals surface area contributed by atoms with E-state index < -0.39 is 16.8 Å². The molecule has 0 aliphatic heterocycles. The number of carbonyl (C=O) groups excluding carboxylic acids is 2. The second kappa shape index (κ2) is 7.43. The van der Waals surface area contributed by atoms with E-state index in [0.717, 1.165) is 0 Å². The predicted molar refractivity (Wildman–Crippen MR) is 101 cm³/mol. The molecule has 0 atom stereocenters. The van der Waals surface area contributed by atoms with Gasteiger partial charge < -0.3 is 5.11 Å². The van der Waals surface area contributed by atoms with Gasteiger partial charge in [-0.05, 0) is 19.1 Å². The van der Waals surface area contributed by atoms with Crippen LogP contribution >= 0.6 is 0 Å². The molecule has 0 saturated carbocycles. The number of carboxylic acids is 1. The first-order valence-electron chi connectivity index (χ1n) is 8.45. The Morgan fingerprint density at radius 1 is 1.07 bits per heavy atom. The molecule has 0 saturated heterocycles. The van der Waals surface area contributed by atoms with Crippen molar-refractivity contribution < 1.29 is 24.4 Å². The van der Waals surface area contributed by atoms with Crippen LogP contribution in [0.3, 0.4) is 0 Å². The van der Waals surface area contributed by atoms with E-state index in [2.05, 4.69) is 0 Å². The molecule has 0 spiro atoms. The molecule has 1 N–H and O–H groups in total. The summed E-state index contributed by atoms with van der Waals surface area (Å²) in [5.41, 5.74) is 1.04. The molecule has 2 aromatic carbocycles. The number of benzene rings is 2. The maximum atomic E-state index is 13.1. The Labute approximate surface area is 159 Å². The lowest BCUT2D eigenvalue weighted by molar-refractivity contribution is -0.384. The van der Waals surface area contributed by atoms with Crippen molar-refractivity contribution in [3.8, 4) is 0 Å². The molecule has 0 radical (unpaired) electrons. The number of nitro benzene ring substituents is 1. The average molecular weight is 380 g/mol. The van der Waals surface area contributed by atoms with Crippen molar-refractivity contribution in [1.82, 2.24) is 4.57 Å². The summed E-state index contributed by atoms with van der Waals surface area (Å²) in [6.45, 7) is 1.60. The third-order valence-electron chi connectivity index (χ3n) is 4.46. The molecule has 142 valence electrons. The maximum absolute atomic E-state index is 13.1. The third-order valence-corrected chi connectivity index (χ3v) is 4.46. The lowest BCUT2D eigenvalue weighted by Crippen LogP contribution is -2.14. The van der Waals surface area contributed by atoms with E-state index in [4.69, 9.17) is 5.11 Å². The lowest BCUT2D eigenvalue weighted by Gasteiger charge is -2.07. The molecule has 3 rings (SSSR count). The summed E-state index contributed by atoms with van der Waals surface area (Å²) in [6.07, 6.45) is -0.494. The van der Waals surface area contributed by atoms with Gasteiger partial charge in [0.25, 0.3) is 11.6 Å². The minimum Gasteiger partial charge on any atom is -0.481 e. The normalized spacial score (nSPS) is 10.8. The largest absolute Gasteiger partial charge is 0.481 e. The topological polar surface area (TPSA) is 120 Å². The summed E-state index contributed by atoms with van der Waals surface area (Å²) in [5.74, 6) is -1.96. The van der Waals surface area contributed by atoms with Crippen LogP contribution in [0.5, 0.6) is 0 Å². The summed E-state index contributed by atoms with van der Waals surface area (Å²) in [5, 5.41) is 20.4. The fraction of sp³-hybridized carbons (Fsp3) is 0.150. The van der Waals surface area contributed by atoms with Gasteiger partial charge >= 0.3 is 5.97 Å². The molecular weight excluding hydrogens is 364 g/mol. The number of rotatable bonds is 6. The number of Topliss-reactive ketones (excluding diaryl/α,β-unsaturated/α-hetero) is 1. The van der Waals surface area contributed by atoms with Gasteiger partial charge in [0.2, 0.25) is 0 Å². The van der Waals surface area contributed by atoms with E-state index in [9.17, 15) is 24.5 Å². The number of non-ortho nitro benzene ring substituents is 1. The smallest absolute Gasteiger partial charge is 0.303 e. The highest BCUT2D eigenvalue weighted by Crippen LogP contribution is 2.28. The van der Waals surface area contributed by atoms with Gasteiger partial charge in [0.05, 0.1) is 16.9 Å². The van der Waals surface area contributed by atoms with Crippen molar-refractivity contribution in [3.05, 3.63) is 75.5 Å². The van der Waals surface area contributed by atoms with E-state index in [1.54, 1.807) is 31.2 Å². The Balaban J connectivity index is 2.14. The van der Waals surface area contributed by atoms with Crippen molar-refractivity contribution >= 4 is 34.3 Å². The highest BCUT2D eigenvalue weighted by Gasteiger charge is 2.24. The summed E-state index contributed by atoms with van der Waals surface area (Å²) in [7, 11) is 0. The zero-order valence-electron chi connectivity index (χ0n) is 14.9. The van der Waals surface area contributed by atoms with Crippen LogP contribution in [0.15, 0.2) is 48.5 Å².